The molecule has 1 atom stereocenters. The molecule has 38 heavy (non-hydrogen) atoms. The number of rotatable bonds is 8. The van der Waals surface area contributed by atoms with Crippen molar-refractivity contribution in [3.8, 4) is 11.1 Å². The van der Waals surface area contributed by atoms with Gasteiger partial charge in [-0.15, -0.1) is 0 Å². The van der Waals surface area contributed by atoms with Gasteiger partial charge in [0.25, 0.3) is 0 Å². The number of aliphatic carboxylic acids is 1. The fourth-order valence-corrected chi connectivity index (χ4v) is 4.26. The summed E-state index contributed by atoms with van der Waals surface area (Å²) in [7, 11) is 0. The summed E-state index contributed by atoms with van der Waals surface area (Å²) in [6.45, 7) is 1.57. The molecule has 0 fully saturated rings. The predicted octanol–water partition coefficient (Wildman–Crippen LogP) is 6.32. The monoisotopic (exact) mass is 521 g/mol. The number of ether oxygens (including phenoxy) is 1. The molecule has 0 radical (unpaired) electrons. The molecule has 3 aromatic carbocycles. The van der Waals surface area contributed by atoms with Gasteiger partial charge in [0, 0.05) is 17.5 Å². The van der Waals surface area contributed by atoms with Gasteiger partial charge >= 0.3 is 18.1 Å². The Morgan fingerprint density at radius 3 is 2.13 bits per heavy atom. The van der Waals surface area contributed by atoms with Crippen LogP contribution in [0.5, 0.6) is 0 Å². The maximum absolute atomic E-state index is 13.8. The number of halogens is 3. The molecular formula is C29H22F3NO5. The van der Waals surface area contributed by atoms with Crippen molar-refractivity contribution in [3.05, 3.63) is 119 Å². The molecular weight excluding hydrogens is 499 g/mol. The summed E-state index contributed by atoms with van der Waals surface area (Å²) < 4.78 is 44.3. The topological polar surface area (TPSA) is 96.5 Å². The highest BCUT2D eigenvalue weighted by Gasteiger charge is 2.34. The first kappa shape index (κ1) is 26.4. The molecule has 194 valence electrons. The van der Waals surface area contributed by atoms with Crippen molar-refractivity contribution in [3.63, 3.8) is 0 Å². The summed E-state index contributed by atoms with van der Waals surface area (Å²) in [5, 5.41) is 10.0. The summed E-state index contributed by atoms with van der Waals surface area (Å²) in [5.41, 5.74) is 0.0506. The number of alkyl halides is 3. The standard InChI is InChI=1S/C29H22F3NO5/c1-2-38-28(37)24-22(16-33-25(24)23(27(35)36)18-8-4-3-5-9-18)26(34)21-11-7-6-10-20(21)17-12-14-19(15-13-17)29(30,31)32/h3-16,23,33H,2H2,1H3,(H,35,36). The van der Waals surface area contributed by atoms with Crippen LogP contribution >= 0.6 is 0 Å². The van der Waals surface area contributed by atoms with Gasteiger partial charge in [-0.25, -0.2) is 4.79 Å². The van der Waals surface area contributed by atoms with Crippen LogP contribution in [0.15, 0.2) is 85.1 Å². The lowest BCUT2D eigenvalue weighted by Gasteiger charge is -2.15. The summed E-state index contributed by atoms with van der Waals surface area (Å²) in [5.74, 6) is -4.03. The minimum atomic E-state index is -4.51. The zero-order valence-electron chi connectivity index (χ0n) is 20.1. The molecule has 0 aliphatic rings. The Balaban J connectivity index is 1.84. The van der Waals surface area contributed by atoms with Gasteiger partial charge in [-0.05, 0) is 35.7 Å². The van der Waals surface area contributed by atoms with Gasteiger partial charge in [0.2, 0.25) is 0 Å². The lowest BCUT2D eigenvalue weighted by atomic mass is 9.89. The Hall–Kier alpha value is -4.66. The first-order valence-corrected chi connectivity index (χ1v) is 11.6. The number of carboxylic acids is 1. The van der Waals surface area contributed by atoms with E-state index in [-0.39, 0.29) is 29.0 Å². The van der Waals surface area contributed by atoms with Crippen LogP contribution in [0.3, 0.4) is 0 Å². The van der Waals surface area contributed by atoms with Crippen LogP contribution in [0.2, 0.25) is 0 Å². The maximum Gasteiger partial charge on any atom is 0.416 e. The molecule has 9 heteroatoms. The zero-order valence-corrected chi connectivity index (χ0v) is 20.1. The van der Waals surface area contributed by atoms with E-state index >= 15 is 0 Å². The van der Waals surface area contributed by atoms with E-state index in [0.29, 0.717) is 16.7 Å². The molecule has 0 saturated carbocycles. The quantitative estimate of drug-likeness (QED) is 0.209. The number of aromatic amines is 1. The van der Waals surface area contributed by atoms with E-state index in [2.05, 4.69) is 4.98 Å². The number of H-pyrrole nitrogens is 1. The van der Waals surface area contributed by atoms with Crippen molar-refractivity contribution in [1.82, 2.24) is 4.98 Å². The average Bonchev–Trinajstić information content (AvgIpc) is 3.33. The number of nitrogens with one attached hydrogen (secondary N) is 1. The molecule has 0 spiro atoms. The van der Waals surface area contributed by atoms with Crippen LogP contribution < -0.4 is 0 Å². The van der Waals surface area contributed by atoms with E-state index in [4.69, 9.17) is 4.74 Å². The van der Waals surface area contributed by atoms with Crippen molar-refractivity contribution in [2.45, 2.75) is 19.0 Å². The number of esters is 1. The van der Waals surface area contributed by atoms with Gasteiger partial charge in [0.1, 0.15) is 5.92 Å². The van der Waals surface area contributed by atoms with Crippen LogP contribution in [0.25, 0.3) is 11.1 Å². The number of carbonyl (C=O) groups excluding carboxylic acids is 2. The number of ketones is 1. The lowest BCUT2D eigenvalue weighted by molar-refractivity contribution is -0.138. The average molecular weight is 521 g/mol. The number of hydrogen-bond donors (Lipinski definition) is 2. The molecule has 0 bridgehead atoms. The second-order valence-corrected chi connectivity index (χ2v) is 8.34. The van der Waals surface area contributed by atoms with Gasteiger partial charge in [-0.3, -0.25) is 9.59 Å². The third-order valence-electron chi connectivity index (χ3n) is 6.00. The summed E-state index contributed by atoms with van der Waals surface area (Å²) in [6, 6.07) is 18.9. The molecule has 4 aromatic rings. The molecule has 0 amide bonds. The van der Waals surface area contributed by atoms with Crippen LogP contribution in [0, 0.1) is 0 Å². The number of aromatic nitrogens is 1. The van der Waals surface area contributed by atoms with Gasteiger partial charge in [0.15, 0.2) is 5.78 Å². The Morgan fingerprint density at radius 1 is 0.895 bits per heavy atom. The highest BCUT2D eigenvalue weighted by Crippen LogP contribution is 2.34. The predicted molar refractivity (Wildman–Crippen MR) is 133 cm³/mol. The van der Waals surface area contributed by atoms with Gasteiger partial charge < -0.3 is 14.8 Å². The third-order valence-corrected chi connectivity index (χ3v) is 6.00. The summed E-state index contributed by atoms with van der Waals surface area (Å²) >= 11 is 0. The van der Waals surface area contributed by atoms with E-state index in [1.54, 1.807) is 55.5 Å². The number of hydrogen-bond acceptors (Lipinski definition) is 4. The third kappa shape index (κ3) is 5.22. The Labute approximate surface area is 215 Å². The minimum Gasteiger partial charge on any atom is -0.480 e. The molecule has 1 aromatic heterocycles. The van der Waals surface area contributed by atoms with Gasteiger partial charge in [-0.1, -0.05) is 66.7 Å². The Bertz CT molecular complexity index is 1470. The van der Waals surface area contributed by atoms with Crippen LogP contribution in [-0.2, 0) is 15.7 Å². The Kier molecular flexibility index (Phi) is 7.47. The molecule has 1 heterocycles. The van der Waals surface area contributed by atoms with E-state index in [1.165, 1.54) is 24.4 Å². The second-order valence-electron chi connectivity index (χ2n) is 8.34. The molecule has 0 aliphatic carbocycles. The van der Waals surface area contributed by atoms with E-state index < -0.39 is 35.4 Å². The summed E-state index contributed by atoms with van der Waals surface area (Å²) in [4.78, 5) is 41.9. The van der Waals surface area contributed by atoms with E-state index in [1.807, 2.05) is 0 Å². The van der Waals surface area contributed by atoms with Crippen molar-refractivity contribution in [2.24, 2.45) is 0 Å². The number of benzene rings is 3. The van der Waals surface area contributed by atoms with Crippen molar-refractivity contribution in [2.75, 3.05) is 6.61 Å². The van der Waals surface area contributed by atoms with Gasteiger partial charge in [0.05, 0.1) is 23.3 Å². The minimum absolute atomic E-state index is 0.0116. The van der Waals surface area contributed by atoms with Crippen molar-refractivity contribution < 1.29 is 37.4 Å². The van der Waals surface area contributed by atoms with Crippen molar-refractivity contribution in [1.29, 1.82) is 0 Å². The number of carboxylic acid groups (broad SMARTS) is 1. The number of carbonyl (C=O) groups is 3. The fourth-order valence-electron chi connectivity index (χ4n) is 4.26. The molecule has 4 rings (SSSR count). The molecule has 0 saturated heterocycles. The SMILES string of the molecule is CCOC(=O)c1c(C(=O)c2ccccc2-c2ccc(C(F)(F)F)cc2)c[nH]c1C(C(=O)O)c1ccccc1. The first-order valence-electron chi connectivity index (χ1n) is 11.6. The highest BCUT2D eigenvalue weighted by atomic mass is 19.4. The molecule has 1 unspecified atom stereocenters. The maximum atomic E-state index is 13.8. The van der Waals surface area contributed by atoms with Crippen molar-refractivity contribution >= 4 is 17.7 Å². The smallest absolute Gasteiger partial charge is 0.416 e. The zero-order chi connectivity index (χ0) is 27.4. The fraction of sp³-hybridized carbons (Fsp3) is 0.138. The summed E-state index contributed by atoms with van der Waals surface area (Å²) in [6.07, 6.45) is -3.25. The van der Waals surface area contributed by atoms with E-state index in [0.717, 1.165) is 12.1 Å². The Morgan fingerprint density at radius 2 is 1.53 bits per heavy atom. The van der Waals surface area contributed by atoms with Crippen LogP contribution in [-0.4, -0.2) is 34.4 Å². The largest absolute Gasteiger partial charge is 0.480 e. The molecule has 6 nitrogen and oxygen atoms in total. The lowest BCUT2D eigenvalue weighted by Crippen LogP contribution is -2.19. The molecule has 2 N–H and O–H groups in total. The first-order chi connectivity index (χ1) is 18.1. The second kappa shape index (κ2) is 10.8. The van der Waals surface area contributed by atoms with E-state index in [9.17, 15) is 32.7 Å². The van der Waals surface area contributed by atoms with Crippen LogP contribution in [0.4, 0.5) is 13.2 Å². The molecule has 0 aliphatic heterocycles. The van der Waals surface area contributed by atoms with Crippen LogP contribution in [0.1, 0.15) is 55.9 Å². The normalized spacial score (nSPS) is 12.1. The van der Waals surface area contributed by atoms with Gasteiger partial charge in [-0.2, -0.15) is 13.2 Å². The highest BCUT2D eigenvalue weighted by molar-refractivity contribution is 6.18.